The van der Waals surface area contributed by atoms with Gasteiger partial charge in [0.25, 0.3) is 0 Å². The molecule has 3 aliphatic rings. The minimum atomic E-state index is -3.55. The lowest BCUT2D eigenvalue weighted by Crippen LogP contribution is -2.41. The summed E-state index contributed by atoms with van der Waals surface area (Å²) in [7, 11) is 3.25. The highest BCUT2D eigenvalue weighted by molar-refractivity contribution is 7.89. The Bertz CT molecular complexity index is 6750. The number of phenolic OH excluding ortho intramolecular Hbond substituents is 5. The van der Waals surface area contributed by atoms with Crippen molar-refractivity contribution in [2.45, 2.75) is 83.5 Å². The number of carbonyl (C=O) groups excluding carboxylic acids is 2. The third-order valence-corrected chi connectivity index (χ3v) is 24.9. The van der Waals surface area contributed by atoms with Gasteiger partial charge in [0, 0.05) is 141 Å². The van der Waals surface area contributed by atoms with Crippen molar-refractivity contribution in [1.29, 1.82) is 0 Å². The summed E-state index contributed by atoms with van der Waals surface area (Å²) in [5.41, 5.74) is 45.5. The van der Waals surface area contributed by atoms with Crippen LogP contribution in [0.3, 0.4) is 0 Å². The van der Waals surface area contributed by atoms with Gasteiger partial charge in [-0.25, -0.2) is 8.42 Å². The molecule has 15 N–H and O–H groups in total. The molecule has 2 amide bonds. The van der Waals surface area contributed by atoms with Crippen LogP contribution in [0.2, 0.25) is 0 Å². The number of phenols is 5. The second-order valence-electron chi connectivity index (χ2n) is 32.9. The number of aromatic nitrogens is 14. The van der Waals surface area contributed by atoms with Gasteiger partial charge in [0.05, 0.1) is 58.0 Å². The monoisotopic (exact) mass is 1860 g/mol. The van der Waals surface area contributed by atoms with Gasteiger partial charge in [0.15, 0.2) is 29.1 Å². The molecule has 1 unspecified atom stereocenters. The van der Waals surface area contributed by atoms with Crippen molar-refractivity contribution in [2.24, 2.45) is 0 Å². The van der Waals surface area contributed by atoms with Gasteiger partial charge in [0.1, 0.15) is 52.7 Å². The zero-order valence-electron chi connectivity index (χ0n) is 76.1. The number of sulfonamides is 1. The molecule has 15 aromatic rings. The molecule has 3 atom stereocenters. The molecule has 137 heavy (non-hydrogen) atoms. The van der Waals surface area contributed by atoms with E-state index in [0.29, 0.717) is 109 Å². The normalized spacial score (nSPS) is 14.1. The third kappa shape index (κ3) is 24.1. The van der Waals surface area contributed by atoms with E-state index in [1.54, 1.807) is 216 Å². The summed E-state index contributed by atoms with van der Waals surface area (Å²) < 4.78 is 36.6. The van der Waals surface area contributed by atoms with E-state index in [0.717, 1.165) is 80.1 Å². The van der Waals surface area contributed by atoms with Crippen LogP contribution in [0.25, 0.3) is 89.7 Å². The van der Waals surface area contributed by atoms with Gasteiger partial charge < -0.3 is 73.6 Å². The number of nitrogens with two attached hydrogens (primary N) is 5. The molecule has 10 heterocycles. The summed E-state index contributed by atoms with van der Waals surface area (Å²) in [5.74, 6) is 3.02. The number of para-hydroxylation sites is 6. The van der Waals surface area contributed by atoms with Crippen molar-refractivity contribution in [2.75, 3.05) is 101 Å². The number of amides is 2. The Balaban J connectivity index is 0.000000145. The highest BCUT2D eigenvalue weighted by atomic mass is 32.2. The van der Waals surface area contributed by atoms with Crippen LogP contribution in [0.4, 0.5) is 34.8 Å². The number of rotatable bonds is 20. The predicted octanol–water partition coefficient (Wildman–Crippen LogP) is 14.9. The fourth-order valence-electron chi connectivity index (χ4n) is 15.5. The number of piperidine rings is 1. The Morgan fingerprint density at radius 3 is 1.19 bits per heavy atom. The molecule has 3 aliphatic heterocycles. The Labute approximate surface area is 794 Å². The van der Waals surface area contributed by atoms with E-state index in [2.05, 4.69) is 101 Å². The molecule has 0 aliphatic carbocycles. The third-order valence-electron chi connectivity index (χ3n) is 23.0. The van der Waals surface area contributed by atoms with Crippen LogP contribution in [-0.2, 0) is 26.2 Å². The topological polar surface area (TPSA) is 489 Å². The highest BCUT2D eigenvalue weighted by Gasteiger charge is 2.30. The molecule has 0 bridgehead atoms. The fourth-order valence-corrected chi connectivity index (χ4v) is 16.9. The quantitative estimate of drug-likeness (QED) is 0.0339. The van der Waals surface area contributed by atoms with Crippen LogP contribution in [0.1, 0.15) is 81.3 Å². The van der Waals surface area contributed by atoms with Crippen LogP contribution in [0, 0.1) is 6.92 Å². The molecular weight excluding hydrogens is 1750 g/mol. The van der Waals surface area contributed by atoms with E-state index in [4.69, 9.17) is 33.4 Å². The minimum Gasteiger partial charge on any atom is -0.507 e. The predicted molar refractivity (Wildman–Crippen MR) is 533 cm³/mol. The number of hydrogen-bond donors (Lipinski definition) is 10. The standard InChI is InChI=1S/C22H22N4O3S.C22H22N4O.C21H22N4O2.2C18H20N6O2.CH4/c1-15-6-8-17(9-7-15)30(28,29)26-12-10-16(11-13-26)19-14-20(24-25-22(19)23)18-4-2-3-5-21(18)27;23-22-19(14-20(24-25-22)18-8-4-5-9-21(18)27)17-10-12-26(13-11-17)15-16-6-2-1-3-7-16;22-21-19(13-18(23-24-21)17-10-4-5-11-20(17)26)25-12-6-9-16(14-25)27-15-7-2-1-3-8-15;2*1-11(18(26)23(2)3)24-10-12(9-20-24)14-8-15(21-22-17(14)19)13-6-4-5-7-16(13)25;/h2-10,14,27H,11-13H2,1H3,(H2,23,25);1-10,14,27H,11-13,15H2,(H2,23,25);1-5,7-8,10-11,13,16,26H,6,9,12,14H2,(H2,22,24);2*4-11,25H,1-3H3,(H2,19,22);1H4/t;;;2*11-;/m...10./s1. The summed E-state index contributed by atoms with van der Waals surface area (Å²) >= 11 is 0. The lowest BCUT2D eigenvalue weighted by atomic mass is 9.98. The van der Waals surface area contributed by atoms with E-state index in [-0.39, 0.29) is 83.0 Å². The van der Waals surface area contributed by atoms with E-state index in [1.165, 1.54) is 25.2 Å². The zero-order chi connectivity index (χ0) is 96.3. The molecule has 1 saturated heterocycles. The minimum absolute atomic E-state index is 0. The number of nitrogens with zero attached hydrogens (tertiary/aromatic N) is 19. The number of aryl methyl sites for hydroxylation is 1. The van der Waals surface area contributed by atoms with Crippen molar-refractivity contribution >= 4 is 67.8 Å². The number of likely N-dealkylation sites (N-methyl/N-ethyl adjacent to an activating group) is 2. The first kappa shape index (κ1) is 98.0. The molecule has 0 radical (unpaired) electrons. The first-order valence-electron chi connectivity index (χ1n) is 43.8. The van der Waals surface area contributed by atoms with Crippen LogP contribution in [0.5, 0.6) is 34.5 Å². The van der Waals surface area contributed by atoms with E-state index < -0.39 is 22.1 Å². The Hall–Kier alpha value is -16.5. The van der Waals surface area contributed by atoms with Gasteiger partial charge in [-0.1, -0.05) is 146 Å². The SMILES string of the molecule is C.C[C@@H](C(=O)N(C)C)n1cc(-c2cc(-c3ccccc3O)nnc2N)cn1.C[C@H](C(=O)N(C)C)n1cc(-c2cc(-c3ccccc3O)nnc2N)cn1.Cc1ccc(S(=O)(=O)N2CC=C(c3cc(-c4ccccc4O)nnc3N)CC2)cc1.Nc1nnc(-c2ccccc2O)cc1C1=CCN(Cc2ccccc2)CC1.Nc1nnc(-c2ccccc2O)cc1N1CCCC(Oc2ccccc2)C1. The number of anilines is 6. The average Bonchev–Trinajstić information content (AvgIpc) is 1.78. The highest BCUT2D eigenvalue weighted by Crippen LogP contribution is 2.40. The van der Waals surface area contributed by atoms with Crippen LogP contribution < -0.4 is 38.3 Å². The molecule has 704 valence electrons. The molecule has 18 rings (SSSR count). The maximum atomic E-state index is 12.9. The first-order valence-corrected chi connectivity index (χ1v) is 45.3. The smallest absolute Gasteiger partial charge is 0.246 e. The molecule has 1 fully saturated rings. The van der Waals surface area contributed by atoms with Gasteiger partial charge >= 0.3 is 0 Å². The molecule has 35 heteroatoms. The number of carbonyl (C=O) groups is 2. The van der Waals surface area contributed by atoms with Gasteiger partial charge in [-0.2, -0.15) is 14.5 Å². The lowest BCUT2D eigenvalue weighted by molar-refractivity contribution is -0.132. The van der Waals surface area contributed by atoms with Crippen LogP contribution >= 0.6 is 0 Å². The molecule has 0 spiro atoms. The van der Waals surface area contributed by atoms with Gasteiger partial charge in [-0.15, -0.1) is 51.0 Å². The van der Waals surface area contributed by atoms with Crippen molar-refractivity contribution in [3.63, 3.8) is 0 Å². The number of aromatic hydroxyl groups is 5. The summed E-state index contributed by atoms with van der Waals surface area (Å²) in [5, 5.41) is 99.7. The van der Waals surface area contributed by atoms with Crippen molar-refractivity contribution in [1.82, 2.24) is 89.6 Å². The molecular formula is C102H110N24O10S. The fraction of sp³-hybridized carbons (Fsp3) is 0.216. The first-order chi connectivity index (χ1) is 65.5. The van der Waals surface area contributed by atoms with Gasteiger partial charge in [-0.05, 0) is 178 Å². The lowest BCUT2D eigenvalue weighted by Gasteiger charge is -2.34. The van der Waals surface area contributed by atoms with Crippen molar-refractivity contribution < 1.29 is 48.3 Å². The second kappa shape index (κ2) is 44.8. The second-order valence-corrected chi connectivity index (χ2v) is 34.9. The largest absolute Gasteiger partial charge is 0.507 e. The Morgan fingerprint density at radius 1 is 0.438 bits per heavy atom. The maximum absolute atomic E-state index is 12.9. The Kier molecular flexibility index (Phi) is 32.0. The van der Waals surface area contributed by atoms with E-state index in [1.807, 2.05) is 85.8 Å². The van der Waals surface area contributed by atoms with Gasteiger partial charge in [-0.3, -0.25) is 23.9 Å². The average molecular weight is 1860 g/mol. The molecule has 8 aromatic carbocycles. The molecule has 34 nitrogen and oxygen atoms in total. The van der Waals surface area contributed by atoms with Crippen LogP contribution in [0.15, 0.2) is 278 Å². The molecule has 7 aromatic heterocycles. The number of nitrogen functional groups attached to an aromatic ring is 5. The Morgan fingerprint density at radius 2 is 0.803 bits per heavy atom. The van der Waals surface area contributed by atoms with Gasteiger partial charge in [0.2, 0.25) is 21.8 Å². The van der Waals surface area contributed by atoms with Crippen molar-refractivity contribution in [3.05, 3.63) is 296 Å². The molecule has 0 saturated carbocycles. The number of benzene rings is 8. The number of hydrogen-bond acceptors (Lipinski definition) is 29. The summed E-state index contributed by atoms with van der Waals surface area (Å²) in [6.07, 6.45) is 14.3. The zero-order valence-corrected chi connectivity index (χ0v) is 76.9. The van der Waals surface area contributed by atoms with Crippen molar-refractivity contribution in [3.8, 4) is 113 Å². The summed E-state index contributed by atoms with van der Waals surface area (Å²) in [4.78, 5) is 32.2. The van der Waals surface area contributed by atoms with E-state index >= 15 is 0 Å². The number of ether oxygens (including phenoxy) is 1. The summed E-state index contributed by atoms with van der Waals surface area (Å²) in [6.45, 7) is 10.5. The van der Waals surface area contributed by atoms with Crippen LogP contribution in [-0.4, -0.2) is 209 Å². The summed E-state index contributed by atoms with van der Waals surface area (Å²) in [6, 6.07) is 70.3. The van der Waals surface area contributed by atoms with E-state index in [9.17, 15) is 43.5 Å². The maximum Gasteiger partial charge on any atom is 0.246 e.